The molecule has 1 aromatic heterocycles. The smallest absolute Gasteiger partial charge is 0.311 e. The molecule has 1 aliphatic rings. The molecule has 4 heteroatoms. The lowest BCUT2D eigenvalue weighted by atomic mass is 9.89. The lowest BCUT2D eigenvalue weighted by Crippen LogP contribution is -2.29. The zero-order chi connectivity index (χ0) is 29.7. The van der Waals surface area contributed by atoms with E-state index >= 15 is 0 Å². The van der Waals surface area contributed by atoms with Crippen LogP contribution < -0.4 is 4.74 Å². The zero-order valence-corrected chi connectivity index (χ0v) is 22.1. The van der Waals surface area contributed by atoms with Crippen LogP contribution in [0.1, 0.15) is 115 Å². The third-order valence-electron chi connectivity index (χ3n) is 7.01. The fourth-order valence-corrected chi connectivity index (χ4v) is 4.88. The minimum Gasteiger partial charge on any atom is -0.426 e. The molecule has 0 amide bonds. The predicted octanol–water partition coefficient (Wildman–Crippen LogP) is 8.70. The van der Waals surface area contributed by atoms with Crippen molar-refractivity contribution in [2.75, 3.05) is 20.1 Å². The summed E-state index contributed by atoms with van der Waals surface area (Å²) < 4.78 is 44.9. The number of rotatable bonds is 16. The molecule has 36 heavy (non-hydrogen) atoms. The fourth-order valence-electron chi connectivity index (χ4n) is 4.88. The second-order valence-electron chi connectivity index (χ2n) is 9.93. The number of hydrogen-bond donors (Lipinski definition) is 1. The van der Waals surface area contributed by atoms with Crippen LogP contribution in [0.3, 0.4) is 0 Å². The van der Waals surface area contributed by atoms with E-state index in [-0.39, 0.29) is 11.9 Å². The van der Waals surface area contributed by atoms with E-state index in [4.69, 9.17) is 11.6 Å². The number of nitrogens with zero attached hydrogens (tertiary/aromatic N) is 1. The summed E-state index contributed by atoms with van der Waals surface area (Å²) >= 11 is 0. The highest BCUT2D eigenvalue weighted by atomic mass is 16.5. The van der Waals surface area contributed by atoms with E-state index in [1.165, 1.54) is 12.8 Å². The Morgan fingerprint density at radius 2 is 1.78 bits per heavy atom. The first-order valence-corrected chi connectivity index (χ1v) is 14.0. The molecule has 1 saturated heterocycles. The molecule has 0 radical (unpaired) electrons. The quantitative estimate of drug-likeness (QED) is 0.109. The van der Waals surface area contributed by atoms with E-state index in [0.717, 1.165) is 80.7 Å². The molecular weight excluding hydrogens is 444 g/mol. The highest BCUT2D eigenvalue weighted by Crippen LogP contribution is 2.37. The van der Waals surface area contributed by atoms with E-state index in [1.807, 2.05) is 36.5 Å². The lowest BCUT2D eigenvalue weighted by molar-refractivity contribution is -0.134. The number of carbonyl (C=O) groups excluding carboxylic acids is 1. The van der Waals surface area contributed by atoms with Crippen molar-refractivity contribution in [3.05, 3.63) is 54.3 Å². The molecule has 4 nitrogen and oxygen atoms in total. The lowest BCUT2D eigenvalue weighted by Gasteiger charge is -2.29. The molecule has 1 fully saturated rings. The molecule has 0 spiro atoms. The van der Waals surface area contributed by atoms with Gasteiger partial charge < -0.3 is 14.6 Å². The Morgan fingerprint density at radius 1 is 1.06 bits per heavy atom. The third kappa shape index (κ3) is 9.61. The van der Waals surface area contributed by atoms with E-state index in [9.17, 15) is 4.79 Å². The molecule has 0 aliphatic carbocycles. The van der Waals surface area contributed by atoms with Crippen LogP contribution in [-0.4, -0.2) is 35.9 Å². The minimum absolute atomic E-state index is 0.225. The number of aromatic nitrogens is 1. The van der Waals surface area contributed by atoms with Crippen molar-refractivity contribution in [3.8, 4) is 5.75 Å². The molecule has 3 rings (SSSR count). The molecule has 0 saturated carbocycles. The van der Waals surface area contributed by atoms with Crippen LogP contribution in [0.15, 0.2) is 48.7 Å². The number of aromatic amines is 1. The van der Waals surface area contributed by atoms with Crippen LogP contribution >= 0.6 is 0 Å². The highest BCUT2D eigenvalue weighted by molar-refractivity contribution is 5.91. The van der Waals surface area contributed by atoms with Crippen LogP contribution in [0.25, 0.3) is 10.9 Å². The van der Waals surface area contributed by atoms with Crippen molar-refractivity contribution in [2.24, 2.45) is 0 Å². The Balaban J connectivity index is 1.36. The molecule has 0 atom stereocenters. The molecule has 2 heterocycles. The average Bonchev–Trinajstić information content (AvgIpc) is 3.37. The van der Waals surface area contributed by atoms with Gasteiger partial charge in [-0.15, -0.1) is 0 Å². The molecule has 0 unspecified atom stereocenters. The van der Waals surface area contributed by atoms with Gasteiger partial charge in [0.2, 0.25) is 0 Å². The number of ether oxygens (including phenoxy) is 1. The molecule has 198 valence electrons. The Hall–Kier alpha value is -2.33. The highest BCUT2D eigenvalue weighted by Gasteiger charge is 2.23. The summed E-state index contributed by atoms with van der Waals surface area (Å²) in [4.78, 5) is 17.5. The normalized spacial score (nSPS) is 18.3. The molecular formula is C32H48N2O2. The van der Waals surface area contributed by atoms with Gasteiger partial charge in [0, 0.05) is 30.4 Å². The number of likely N-dealkylation sites (tertiary alicyclic amines) is 1. The van der Waals surface area contributed by atoms with Gasteiger partial charge in [0.05, 0.1) is 0 Å². The maximum Gasteiger partial charge on any atom is 0.311 e. The summed E-state index contributed by atoms with van der Waals surface area (Å²) in [6.07, 6.45) is 19.9. The summed E-state index contributed by atoms with van der Waals surface area (Å²) in [5.74, 6) is 0.571. The maximum absolute atomic E-state index is 12.7. The standard InChI is InChI=1S/C32H48N2O2/c1-3-4-5-6-7-8-9-10-11-12-13-14-15-16-17-21-31(35)36-30-20-18-19-29-32(30)28(26-33-29)27-22-24-34(2)25-23-27/h7-8,10-11,18-20,26-27,33H,3-6,9,12-17,21-25H2,1-2H3/b8-7-,11-10-/i2D3,9D2. The minimum atomic E-state index is -2.05. The van der Waals surface area contributed by atoms with Gasteiger partial charge in [-0.2, -0.15) is 0 Å². The Bertz CT molecular complexity index is 1130. The van der Waals surface area contributed by atoms with Crippen LogP contribution in [0.2, 0.25) is 0 Å². The molecule has 1 aliphatic heterocycles. The van der Waals surface area contributed by atoms with Gasteiger partial charge in [0.25, 0.3) is 0 Å². The molecule has 1 aromatic carbocycles. The first-order chi connectivity index (χ1) is 19.6. The summed E-state index contributed by atoms with van der Waals surface area (Å²) in [6.45, 7) is 1.17. The van der Waals surface area contributed by atoms with E-state index in [2.05, 4.69) is 11.9 Å². The van der Waals surface area contributed by atoms with Gasteiger partial charge in [0.1, 0.15) is 5.75 Å². The number of hydrogen-bond acceptors (Lipinski definition) is 3. The van der Waals surface area contributed by atoms with Crippen LogP contribution in [-0.2, 0) is 4.79 Å². The number of carbonyl (C=O) groups is 1. The van der Waals surface area contributed by atoms with Crippen LogP contribution in [0.4, 0.5) is 0 Å². The molecule has 0 bridgehead atoms. The number of benzene rings is 1. The van der Waals surface area contributed by atoms with Gasteiger partial charge in [-0.25, -0.2) is 0 Å². The number of esters is 1. The molecule has 1 N–H and O–H groups in total. The average molecular weight is 498 g/mol. The second kappa shape index (κ2) is 16.4. The first-order valence-electron chi connectivity index (χ1n) is 16.5. The summed E-state index contributed by atoms with van der Waals surface area (Å²) in [5.41, 5.74) is 2.02. The van der Waals surface area contributed by atoms with Gasteiger partial charge in [0.15, 0.2) is 0 Å². The van der Waals surface area contributed by atoms with E-state index in [0.29, 0.717) is 25.3 Å². The van der Waals surface area contributed by atoms with Crippen LogP contribution in [0, 0.1) is 0 Å². The summed E-state index contributed by atoms with van der Waals surface area (Å²) in [7, 11) is 0. The van der Waals surface area contributed by atoms with E-state index < -0.39 is 13.3 Å². The number of fused-ring (bicyclic) bond motifs is 1. The Kier molecular flexibility index (Phi) is 9.91. The van der Waals surface area contributed by atoms with Crippen molar-refractivity contribution in [2.45, 2.75) is 103 Å². The van der Waals surface area contributed by atoms with Gasteiger partial charge in [-0.3, -0.25) is 4.79 Å². The number of allylic oxidation sites excluding steroid dienone is 4. The zero-order valence-electron chi connectivity index (χ0n) is 27.1. The van der Waals surface area contributed by atoms with Crippen LogP contribution in [0.5, 0.6) is 5.75 Å². The third-order valence-corrected chi connectivity index (χ3v) is 7.01. The summed E-state index contributed by atoms with van der Waals surface area (Å²) in [5, 5.41) is 0.928. The van der Waals surface area contributed by atoms with E-state index in [1.54, 1.807) is 17.1 Å². The molecule has 2 aromatic rings. The topological polar surface area (TPSA) is 45.3 Å². The number of nitrogens with one attached hydrogen (secondary N) is 1. The predicted molar refractivity (Wildman–Crippen MR) is 153 cm³/mol. The van der Waals surface area contributed by atoms with Crippen molar-refractivity contribution < 1.29 is 16.4 Å². The van der Waals surface area contributed by atoms with Gasteiger partial charge >= 0.3 is 5.97 Å². The Morgan fingerprint density at radius 3 is 2.53 bits per heavy atom. The number of piperidine rings is 1. The van der Waals surface area contributed by atoms with Crippen molar-refractivity contribution in [1.82, 2.24) is 9.88 Å². The second-order valence-corrected chi connectivity index (χ2v) is 9.93. The van der Waals surface area contributed by atoms with Crippen molar-refractivity contribution in [3.63, 3.8) is 0 Å². The summed E-state index contributed by atoms with van der Waals surface area (Å²) in [6, 6.07) is 5.70. The SMILES string of the molecule is [2H]C([2H])(/C=C\CCCCC)/C=C\CCCCCCCC(=O)Oc1cccc2[nH]cc(C3CCN(C([2H])([2H])[2H])CC3)c12. The maximum atomic E-state index is 12.7. The number of unbranched alkanes of at least 4 members (excludes halogenated alkanes) is 8. The fraction of sp³-hybridized carbons (Fsp3) is 0.594. The number of H-pyrrole nitrogens is 1. The van der Waals surface area contributed by atoms with Gasteiger partial charge in [-0.05, 0) is 95.0 Å². The first kappa shape index (κ1) is 21.7. The Labute approximate surface area is 226 Å². The van der Waals surface area contributed by atoms with Crippen molar-refractivity contribution in [1.29, 1.82) is 0 Å². The largest absolute Gasteiger partial charge is 0.426 e. The monoisotopic (exact) mass is 497 g/mol. The van der Waals surface area contributed by atoms with Gasteiger partial charge in [-0.1, -0.05) is 69.4 Å². The van der Waals surface area contributed by atoms with Crippen molar-refractivity contribution >= 4 is 16.9 Å².